The largest absolute Gasteiger partial charge is 0.465 e. The maximum Gasteiger partial charge on any atom is 0.317 e. The number of esters is 1. The molecular weight excluding hydrogens is 364 g/mol. The van der Waals surface area contributed by atoms with Crippen LogP contribution in [0.25, 0.3) is 0 Å². The Hall–Kier alpha value is -2.93. The maximum absolute atomic E-state index is 12.9. The number of fused-ring (bicyclic) bond motifs is 1. The van der Waals surface area contributed by atoms with Crippen molar-refractivity contribution in [2.24, 2.45) is 10.9 Å². The van der Waals surface area contributed by atoms with Gasteiger partial charge < -0.3 is 19.5 Å². The fourth-order valence-corrected chi connectivity index (χ4v) is 3.53. The summed E-state index contributed by atoms with van der Waals surface area (Å²) in [5.41, 5.74) is 2.29. The van der Waals surface area contributed by atoms with Gasteiger partial charge in [0.2, 0.25) is 6.79 Å². The molecule has 2 heterocycles. The molecule has 4 rings (SSSR count). The van der Waals surface area contributed by atoms with Crippen molar-refractivity contribution in [1.82, 2.24) is 5.32 Å². The van der Waals surface area contributed by atoms with E-state index in [4.69, 9.17) is 26.4 Å². The Morgan fingerprint density at radius 2 is 2.00 bits per heavy atom. The Balaban J connectivity index is 1.79. The van der Waals surface area contributed by atoms with Gasteiger partial charge in [-0.15, -0.1) is 0 Å². The van der Waals surface area contributed by atoms with Gasteiger partial charge in [-0.2, -0.15) is 0 Å². The third-order valence-corrected chi connectivity index (χ3v) is 4.70. The smallest absolute Gasteiger partial charge is 0.317 e. The average molecular weight is 382 g/mol. The van der Waals surface area contributed by atoms with Crippen molar-refractivity contribution in [1.29, 1.82) is 0 Å². The quantitative estimate of drug-likeness (QED) is 0.648. The Labute approximate surface area is 162 Å². The van der Waals surface area contributed by atoms with Crippen LogP contribution in [0, 0.1) is 5.92 Å². The normalized spacial score (nSPS) is 20.6. The number of ether oxygens (including phenoxy) is 3. The summed E-state index contributed by atoms with van der Waals surface area (Å²) < 4.78 is 16.2. The molecule has 0 aliphatic carbocycles. The minimum atomic E-state index is -0.639. The second-order valence-electron chi connectivity index (χ2n) is 6.13. The lowest BCUT2D eigenvalue weighted by Gasteiger charge is -2.32. The predicted octanol–water partition coefficient (Wildman–Crippen LogP) is 3.01. The van der Waals surface area contributed by atoms with E-state index in [0.717, 1.165) is 11.1 Å². The third-order valence-electron chi connectivity index (χ3n) is 4.49. The van der Waals surface area contributed by atoms with Crippen LogP contribution in [-0.2, 0) is 9.53 Å². The molecule has 0 amide bonds. The van der Waals surface area contributed by atoms with E-state index in [-0.39, 0.29) is 19.4 Å². The van der Waals surface area contributed by atoms with Crippen LogP contribution in [0.2, 0.25) is 0 Å². The number of carbonyl (C=O) groups excluding carboxylic acids is 1. The first-order valence-electron chi connectivity index (χ1n) is 8.68. The zero-order valence-electron chi connectivity index (χ0n) is 14.7. The summed E-state index contributed by atoms with van der Waals surface area (Å²) in [6.07, 6.45) is 0. The molecular formula is C20H18N2O4S. The first kappa shape index (κ1) is 17.5. The molecule has 7 heteroatoms. The van der Waals surface area contributed by atoms with Gasteiger partial charge in [0.15, 0.2) is 16.6 Å². The molecule has 0 saturated carbocycles. The first-order chi connectivity index (χ1) is 13.2. The van der Waals surface area contributed by atoms with Gasteiger partial charge in [0, 0.05) is 0 Å². The van der Waals surface area contributed by atoms with Crippen LogP contribution in [0.1, 0.15) is 24.1 Å². The van der Waals surface area contributed by atoms with Crippen molar-refractivity contribution < 1.29 is 19.0 Å². The van der Waals surface area contributed by atoms with Gasteiger partial charge in [-0.05, 0) is 42.4 Å². The standard InChI is InChI=1S/C20H18N2O4S/c1-2-24-19(23)16-17(12-6-4-3-5-7-12)21-20(27)22-18(16)13-8-9-14-15(10-13)26-11-25-14/h3-10,16,18H,2,11H2,1H3,(H,22,27). The molecule has 0 saturated heterocycles. The van der Waals surface area contributed by atoms with Crippen molar-refractivity contribution in [3.63, 3.8) is 0 Å². The van der Waals surface area contributed by atoms with E-state index in [1.807, 2.05) is 48.5 Å². The summed E-state index contributed by atoms with van der Waals surface area (Å²) in [6, 6.07) is 14.7. The molecule has 2 aromatic rings. The van der Waals surface area contributed by atoms with E-state index in [9.17, 15) is 4.79 Å². The van der Waals surface area contributed by atoms with Crippen molar-refractivity contribution >= 4 is 29.0 Å². The number of aliphatic imine (C=N–C) groups is 1. The number of thiocarbonyl (C=S) groups is 1. The zero-order chi connectivity index (χ0) is 18.8. The second kappa shape index (κ2) is 7.36. The van der Waals surface area contributed by atoms with E-state index in [1.54, 1.807) is 6.92 Å². The number of nitrogens with one attached hydrogen (secondary N) is 1. The second-order valence-corrected chi connectivity index (χ2v) is 6.52. The third kappa shape index (κ3) is 3.38. The molecule has 0 aromatic heterocycles. The van der Waals surface area contributed by atoms with Crippen LogP contribution in [0.15, 0.2) is 53.5 Å². The average Bonchev–Trinajstić information content (AvgIpc) is 3.16. The van der Waals surface area contributed by atoms with E-state index in [2.05, 4.69) is 10.3 Å². The predicted molar refractivity (Wildman–Crippen MR) is 104 cm³/mol. The van der Waals surface area contributed by atoms with Crippen LogP contribution in [-0.4, -0.2) is 30.2 Å². The number of rotatable bonds is 4. The topological polar surface area (TPSA) is 69.2 Å². The zero-order valence-corrected chi connectivity index (χ0v) is 15.5. The molecule has 0 spiro atoms. The first-order valence-corrected chi connectivity index (χ1v) is 9.09. The molecule has 138 valence electrons. The van der Waals surface area contributed by atoms with E-state index in [0.29, 0.717) is 22.3 Å². The fourth-order valence-electron chi connectivity index (χ4n) is 3.30. The van der Waals surface area contributed by atoms with Gasteiger partial charge >= 0.3 is 5.97 Å². The van der Waals surface area contributed by atoms with E-state index < -0.39 is 12.0 Å². The Kier molecular flexibility index (Phi) is 4.77. The minimum absolute atomic E-state index is 0.188. The molecule has 2 aromatic carbocycles. The molecule has 1 N–H and O–H groups in total. The SMILES string of the molecule is CCOC(=O)C1C(c2ccccc2)=NC(=S)NC1c1ccc2c(c1)OCO2. The number of hydrogen-bond acceptors (Lipinski definition) is 5. The lowest BCUT2D eigenvalue weighted by atomic mass is 9.84. The van der Waals surface area contributed by atoms with Gasteiger partial charge in [-0.3, -0.25) is 4.79 Å². The van der Waals surface area contributed by atoms with Gasteiger partial charge in [-0.25, -0.2) is 4.99 Å². The molecule has 0 bridgehead atoms. The molecule has 0 radical (unpaired) electrons. The number of benzene rings is 2. The van der Waals surface area contributed by atoms with Crippen molar-refractivity contribution in [2.45, 2.75) is 13.0 Å². The summed E-state index contributed by atoms with van der Waals surface area (Å²) in [5.74, 6) is 0.338. The summed E-state index contributed by atoms with van der Waals surface area (Å²) >= 11 is 5.36. The Bertz CT molecular complexity index is 913. The van der Waals surface area contributed by atoms with Gasteiger partial charge in [0.05, 0.1) is 18.4 Å². The van der Waals surface area contributed by atoms with Crippen LogP contribution in [0.3, 0.4) is 0 Å². The lowest BCUT2D eigenvalue weighted by Crippen LogP contribution is -2.45. The summed E-state index contributed by atoms with van der Waals surface area (Å²) in [6.45, 7) is 2.26. The highest BCUT2D eigenvalue weighted by Crippen LogP contribution is 2.37. The minimum Gasteiger partial charge on any atom is -0.465 e. The Morgan fingerprint density at radius 3 is 2.78 bits per heavy atom. The molecule has 2 atom stereocenters. The van der Waals surface area contributed by atoms with Gasteiger partial charge in [0.1, 0.15) is 5.92 Å². The highest BCUT2D eigenvalue weighted by molar-refractivity contribution is 7.80. The fraction of sp³-hybridized carbons (Fsp3) is 0.250. The molecule has 2 aliphatic heterocycles. The summed E-state index contributed by atoms with van der Waals surface area (Å²) in [4.78, 5) is 17.3. The highest BCUT2D eigenvalue weighted by Gasteiger charge is 2.40. The monoisotopic (exact) mass is 382 g/mol. The molecule has 2 unspecified atom stereocenters. The van der Waals surface area contributed by atoms with Crippen molar-refractivity contribution in [3.8, 4) is 11.5 Å². The Morgan fingerprint density at radius 1 is 1.22 bits per heavy atom. The van der Waals surface area contributed by atoms with Crippen LogP contribution < -0.4 is 14.8 Å². The van der Waals surface area contributed by atoms with Crippen LogP contribution >= 0.6 is 12.2 Å². The molecule has 6 nitrogen and oxygen atoms in total. The van der Waals surface area contributed by atoms with Gasteiger partial charge in [0.25, 0.3) is 0 Å². The molecule has 0 fully saturated rings. The molecule has 2 aliphatic rings. The van der Waals surface area contributed by atoms with Crippen molar-refractivity contribution in [3.05, 3.63) is 59.7 Å². The number of hydrogen-bond donors (Lipinski definition) is 1. The van der Waals surface area contributed by atoms with Crippen LogP contribution in [0.4, 0.5) is 0 Å². The summed E-state index contributed by atoms with van der Waals surface area (Å²) in [5, 5.41) is 3.49. The van der Waals surface area contributed by atoms with Crippen molar-refractivity contribution in [2.75, 3.05) is 13.4 Å². The van der Waals surface area contributed by atoms with Crippen LogP contribution in [0.5, 0.6) is 11.5 Å². The van der Waals surface area contributed by atoms with E-state index >= 15 is 0 Å². The summed E-state index contributed by atoms with van der Waals surface area (Å²) in [7, 11) is 0. The van der Waals surface area contributed by atoms with E-state index in [1.165, 1.54) is 0 Å². The lowest BCUT2D eigenvalue weighted by molar-refractivity contribution is -0.146. The maximum atomic E-state index is 12.9. The number of carbonyl (C=O) groups is 1. The highest BCUT2D eigenvalue weighted by atomic mass is 32.1. The molecule has 27 heavy (non-hydrogen) atoms. The van der Waals surface area contributed by atoms with Gasteiger partial charge in [-0.1, -0.05) is 36.4 Å². The number of nitrogens with zero attached hydrogens (tertiary/aromatic N) is 1.